The van der Waals surface area contributed by atoms with Crippen LogP contribution in [0, 0.1) is 11.3 Å². The number of aliphatic hydroxyl groups excluding tert-OH is 1. The number of hydrogen-bond donors (Lipinski definition) is 5. The highest BCUT2D eigenvalue weighted by Gasteiger charge is 2.32. The van der Waals surface area contributed by atoms with Crippen LogP contribution in [-0.2, 0) is 28.7 Å². The number of hydrogen-bond acceptors (Lipinski definition) is 8. The molecule has 0 aromatic heterocycles. The van der Waals surface area contributed by atoms with E-state index in [1.54, 1.807) is 13.8 Å². The topological polar surface area (TPSA) is 171 Å². The van der Waals surface area contributed by atoms with Gasteiger partial charge in [-0.05, 0) is 65.8 Å². The number of carbonyl (C=O) groups excluding carboxylic acids is 4. The molecule has 0 spiro atoms. The maximum absolute atomic E-state index is 13.1. The standard InChI is InChI=1S/C29H53N3O8/c1-8-20(2)23(34)14-15-29(6,7)40-18-16-28(4,5)27(39)32-22(12-13-25(36)37)26(38)31-19-24(35)30-17-10-9-11-21(3)33/h20,22,24,30,35H,8-19H2,1-7H3,(H,31,38)(H,32,39)(H,36,37)/t20?,22-,24?/m0/s1. The largest absolute Gasteiger partial charge is 0.481 e. The van der Waals surface area contributed by atoms with Crippen molar-refractivity contribution in [2.45, 2.75) is 124 Å². The first-order chi connectivity index (χ1) is 18.5. The molecule has 0 aliphatic heterocycles. The van der Waals surface area contributed by atoms with Crippen LogP contribution in [0.1, 0.15) is 106 Å². The van der Waals surface area contributed by atoms with Crippen molar-refractivity contribution < 1.29 is 38.9 Å². The fourth-order valence-corrected chi connectivity index (χ4v) is 3.72. The number of amides is 2. The van der Waals surface area contributed by atoms with Gasteiger partial charge in [0.15, 0.2) is 0 Å². The van der Waals surface area contributed by atoms with E-state index >= 15 is 0 Å². The molecule has 0 aromatic carbocycles. The van der Waals surface area contributed by atoms with E-state index in [0.29, 0.717) is 45.1 Å². The molecular weight excluding hydrogens is 518 g/mol. The summed E-state index contributed by atoms with van der Waals surface area (Å²) >= 11 is 0. The van der Waals surface area contributed by atoms with Gasteiger partial charge in [-0.1, -0.05) is 27.7 Å². The predicted octanol–water partition coefficient (Wildman–Crippen LogP) is 2.73. The van der Waals surface area contributed by atoms with Crippen LogP contribution in [0.2, 0.25) is 0 Å². The van der Waals surface area contributed by atoms with Gasteiger partial charge in [-0.3, -0.25) is 24.5 Å². The summed E-state index contributed by atoms with van der Waals surface area (Å²) in [6.07, 6.45) is 2.54. The van der Waals surface area contributed by atoms with E-state index in [-0.39, 0.29) is 43.5 Å². The smallest absolute Gasteiger partial charge is 0.303 e. The fourth-order valence-electron chi connectivity index (χ4n) is 3.72. The summed E-state index contributed by atoms with van der Waals surface area (Å²) in [5.74, 6) is -1.78. The predicted molar refractivity (Wildman–Crippen MR) is 152 cm³/mol. The molecular formula is C29H53N3O8. The third kappa shape index (κ3) is 17.3. The van der Waals surface area contributed by atoms with Crippen LogP contribution in [-0.4, -0.2) is 77.1 Å². The molecule has 0 rings (SSSR count). The van der Waals surface area contributed by atoms with Gasteiger partial charge >= 0.3 is 5.97 Å². The molecule has 2 amide bonds. The van der Waals surface area contributed by atoms with Crippen LogP contribution in [0.15, 0.2) is 0 Å². The summed E-state index contributed by atoms with van der Waals surface area (Å²) in [7, 11) is 0. The summed E-state index contributed by atoms with van der Waals surface area (Å²) in [6, 6.07) is -1.09. The molecule has 11 heteroatoms. The van der Waals surface area contributed by atoms with E-state index in [4.69, 9.17) is 9.84 Å². The lowest BCUT2D eigenvalue weighted by atomic mass is 9.87. The fraction of sp³-hybridized carbons (Fsp3) is 0.828. The highest BCUT2D eigenvalue weighted by atomic mass is 16.5. The van der Waals surface area contributed by atoms with E-state index in [0.717, 1.165) is 6.42 Å². The van der Waals surface area contributed by atoms with Crippen molar-refractivity contribution in [2.75, 3.05) is 19.7 Å². The summed E-state index contributed by atoms with van der Waals surface area (Å²) in [5.41, 5.74) is -1.45. The number of nitrogens with one attached hydrogen (secondary N) is 3. The van der Waals surface area contributed by atoms with Crippen LogP contribution in [0.3, 0.4) is 0 Å². The molecule has 0 bridgehead atoms. The van der Waals surface area contributed by atoms with E-state index in [9.17, 15) is 29.1 Å². The second kappa shape index (κ2) is 18.9. The minimum Gasteiger partial charge on any atom is -0.481 e. The zero-order chi connectivity index (χ0) is 30.9. The minimum atomic E-state index is -1.10. The number of Topliss-reactive ketones (excluding diaryl/α,β-unsaturated/α-hetero) is 2. The van der Waals surface area contributed by atoms with E-state index < -0.39 is 41.1 Å². The summed E-state index contributed by atoms with van der Waals surface area (Å²) in [6.45, 7) is 13.3. The SMILES string of the molecule is CCC(C)C(=O)CCC(C)(C)OCCC(C)(C)C(=O)N[C@@H](CCC(=O)O)C(=O)NCC(O)NCCCCC(C)=O. The van der Waals surface area contributed by atoms with Gasteiger partial charge in [0.2, 0.25) is 11.8 Å². The number of rotatable bonds is 23. The second-order valence-electron chi connectivity index (χ2n) is 11.9. The highest BCUT2D eigenvalue weighted by molar-refractivity contribution is 5.90. The lowest BCUT2D eigenvalue weighted by molar-refractivity contribution is -0.139. The van der Waals surface area contributed by atoms with Crippen LogP contribution in [0.25, 0.3) is 0 Å². The molecule has 0 radical (unpaired) electrons. The van der Waals surface area contributed by atoms with Crippen molar-refractivity contribution in [3.05, 3.63) is 0 Å². The number of aliphatic hydroxyl groups is 1. The first-order valence-corrected chi connectivity index (χ1v) is 14.4. The Hall–Kier alpha value is -2.37. The Morgan fingerprint density at radius 2 is 1.60 bits per heavy atom. The molecule has 11 nitrogen and oxygen atoms in total. The average molecular weight is 572 g/mol. The van der Waals surface area contributed by atoms with Crippen LogP contribution in [0.4, 0.5) is 0 Å². The zero-order valence-corrected chi connectivity index (χ0v) is 25.6. The number of ether oxygens (including phenoxy) is 1. The second-order valence-corrected chi connectivity index (χ2v) is 11.9. The molecule has 0 heterocycles. The molecule has 0 fully saturated rings. The molecule has 0 saturated heterocycles. The maximum Gasteiger partial charge on any atom is 0.303 e. The average Bonchev–Trinajstić information content (AvgIpc) is 2.86. The summed E-state index contributed by atoms with van der Waals surface area (Å²) in [4.78, 5) is 60.1. The quantitative estimate of drug-likeness (QED) is 0.0913. The maximum atomic E-state index is 13.1. The molecule has 0 aliphatic rings. The zero-order valence-electron chi connectivity index (χ0n) is 25.6. The van der Waals surface area contributed by atoms with E-state index in [1.807, 2.05) is 27.7 Å². The van der Waals surface area contributed by atoms with Crippen LogP contribution in [0.5, 0.6) is 0 Å². The van der Waals surface area contributed by atoms with Gasteiger partial charge in [0.05, 0.1) is 12.1 Å². The van der Waals surface area contributed by atoms with Gasteiger partial charge in [-0.2, -0.15) is 0 Å². The Balaban J connectivity index is 4.85. The van der Waals surface area contributed by atoms with Crippen molar-refractivity contribution in [3.63, 3.8) is 0 Å². The molecule has 5 N–H and O–H groups in total. The van der Waals surface area contributed by atoms with Gasteiger partial charge in [0, 0.05) is 37.2 Å². The van der Waals surface area contributed by atoms with Crippen molar-refractivity contribution in [1.82, 2.24) is 16.0 Å². The summed E-state index contributed by atoms with van der Waals surface area (Å²) in [5, 5.41) is 27.2. The molecule has 40 heavy (non-hydrogen) atoms. The third-order valence-corrected chi connectivity index (χ3v) is 7.04. The first kappa shape index (κ1) is 37.6. The number of ketones is 2. The number of carbonyl (C=O) groups is 5. The van der Waals surface area contributed by atoms with E-state index in [1.165, 1.54) is 6.92 Å². The van der Waals surface area contributed by atoms with Crippen molar-refractivity contribution in [3.8, 4) is 0 Å². The Morgan fingerprint density at radius 1 is 0.950 bits per heavy atom. The lowest BCUT2D eigenvalue weighted by Gasteiger charge is -2.30. The third-order valence-electron chi connectivity index (χ3n) is 7.04. The molecule has 0 saturated carbocycles. The monoisotopic (exact) mass is 571 g/mol. The van der Waals surface area contributed by atoms with Crippen LogP contribution < -0.4 is 16.0 Å². The number of aliphatic carboxylic acids is 1. The molecule has 0 aromatic rings. The lowest BCUT2D eigenvalue weighted by Crippen LogP contribution is -2.52. The van der Waals surface area contributed by atoms with Gasteiger partial charge in [-0.25, -0.2) is 0 Å². The number of carboxylic acids is 1. The summed E-state index contributed by atoms with van der Waals surface area (Å²) < 4.78 is 5.99. The Labute approximate surface area is 239 Å². The highest BCUT2D eigenvalue weighted by Crippen LogP contribution is 2.25. The van der Waals surface area contributed by atoms with Gasteiger partial charge < -0.3 is 30.4 Å². The van der Waals surface area contributed by atoms with Crippen molar-refractivity contribution >= 4 is 29.4 Å². The Morgan fingerprint density at radius 3 is 2.17 bits per heavy atom. The normalized spacial score (nSPS) is 14.2. The minimum absolute atomic E-state index is 0.0211. The molecule has 232 valence electrons. The number of unbranched alkanes of at least 4 members (excludes halogenated alkanes) is 1. The molecule has 2 unspecified atom stereocenters. The van der Waals surface area contributed by atoms with Gasteiger partial charge in [-0.15, -0.1) is 0 Å². The van der Waals surface area contributed by atoms with Gasteiger partial charge in [0.25, 0.3) is 0 Å². The van der Waals surface area contributed by atoms with Crippen molar-refractivity contribution in [2.24, 2.45) is 11.3 Å². The number of carboxylic acid groups (broad SMARTS) is 1. The van der Waals surface area contributed by atoms with Gasteiger partial charge in [0.1, 0.15) is 23.8 Å². The molecule has 3 atom stereocenters. The Bertz CT molecular complexity index is 828. The van der Waals surface area contributed by atoms with Crippen LogP contribution >= 0.6 is 0 Å². The Kier molecular flexibility index (Phi) is 17.8. The van der Waals surface area contributed by atoms with E-state index in [2.05, 4.69) is 16.0 Å². The van der Waals surface area contributed by atoms with Crippen molar-refractivity contribution in [1.29, 1.82) is 0 Å². The molecule has 0 aliphatic carbocycles. The first-order valence-electron chi connectivity index (χ1n) is 14.4.